The summed E-state index contributed by atoms with van der Waals surface area (Å²) in [5.74, 6) is -0.578. The molecule has 0 heterocycles. The van der Waals surface area contributed by atoms with Gasteiger partial charge in [-0.3, -0.25) is 4.79 Å². The van der Waals surface area contributed by atoms with Crippen LogP contribution in [0.3, 0.4) is 0 Å². The van der Waals surface area contributed by atoms with E-state index in [1.807, 2.05) is 0 Å². The molecular formula is C32H62O4. The molecule has 0 aromatic rings. The Kier molecular flexibility index (Phi) is 27.7. The zero-order chi connectivity index (χ0) is 26.5. The molecule has 1 atom stereocenters. The minimum atomic E-state index is -0.726. The first-order valence-electron chi connectivity index (χ1n) is 16.0. The van der Waals surface area contributed by atoms with Crippen LogP contribution in [0.4, 0.5) is 0 Å². The summed E-state index contributed by atoms with van der Waals surface area (Å²) in [5, 5.41) is 0. The van der Waals surface area contributed by atoms with Crippen molar-refractivity contribution in [3.63, 3.8) is 0 Å². The number of hydrogen-bond acceptors (Lipinski definition) is 4. The smallest absolute Gasteiger partial charge is 0.347 e. The third-order valence-corrected chi connectivity index (χ3v) is 7.08. The number of esters is 2. The van der Waals surface area contributed by atoms with Crippen LogP contribution in [-0.4, -0.2) is 24.6 Å². The van der Waals surface area contributed by atoms with Crippen LogP contribution in [0.1, 0.15) is 181 Å². The molecule has 4 nitrogen and oxygen atoms in total. The first-order chi connectivity index (χ1) is 17.7. The van der Waals surface area contributed by atoms with Crippen molar-refractivity contribution in [2.24, 2.45) is 0 Å². The Morgan fingerprint density at radius 3 is 1.36 bits per heavy atom. The molecule has 0 aliphatic heterocycles. The van der Waals surface area contributed by atoms with Crippen LogP contribution in [0.15, 0.2) is 0 Å². The second kappa shape index (κ2) is 28.5. The van der Waals surface area contributed by atoms with Crippen molar-refractivity contribution in [1.82, 2.24) is 0 Å². The van der Waals surface area contributed by atoms with E-state index in [9.17, 15) is 9.59 Å². The van der Waals surface area contributed by atoms with E-state index < -0.39 is 6.10 Å². The van der Waals surface area contributed by atoms with E-state index in [1.165, 1.54) is 109 Å². The maximum atomic E-state index is 12.7. The van der Waals surface area contributed by atoms with Crippen LogP contribution >= 0.6 is 0 Å². The predicted molar refractivity (Wildman–Crippen MR) is 153 cm³/mol. The molecule has 36 heavy (non-hydrogen) atoms. The molecule has 0 rings (SSSR count). The van der Waals surface area contributed by atoms with Gasteiger partial charge in [-0.1, -0.05) is 149 Å². The van der Waals surface area contributed by atoms with E-state index >= 15 is 0 Å². The van der Waals surface area contributed by atoms with Gasteiger partial charge in [-0.25, -0.2) is 4.79 Å². The van der Waals surface area contributed by atoms with Gasteiger partial charge in [0.2, 0.25) is 0 Å². The molecule has 1 unspecified atom stereocenters. The van der Waals surface area contributed by atoms with Crippen LogP contribution in [0.2, 0.25) is 0 Å². The minimum absolute atomic E-state index is 0.237. The standard InChI is InChI=1S/C32H62O4/c1-4-7-10-13-16-18-20-22-25-28-31(33)36-30(27-24-21-19-17-14-11-8-5-2)32(34)35-29-26-23-15-12-9-6-3/h30H,4-29H2,1-3H3. The lowest BCUT2D eigenvalue weighted by molar-refractivity contribution is -0.168. The molecule has 0 bridgehead atoms. The SMILES string of the molecule is CCCCCCCCCCCC(=O)OC(CCCCCCCCCC)C(=O)OCCCCCCCC. The third kappa shape index (κ3) is 24.6. The van der Waals surface area contributed by atoms with Crippen LogP contribution in [0, 0.1) is 0 Å². The molecule has 214 valence electrons. The molecule has 0 N–H and O–H groups in total. The Morgan fingerprint density at radius 2 is 0.889 bits per heavy atom. The number of hydrogen-bond donors (Lipinski definition) is 0. The van der Waals surface area contributed by atoms with Crippen LogP contribution < -0.4 is 0 Å². The van der Waals surface area contributed by atoms with Gasteiger partial charge in [-0.15, -0.1) is 0 Å². The van der Waals surface area contributed by atoms with Crippen molar-refractivity contribution in [2.45, 2.75) is 187 Å². The lowest BCUT2D eigenvalue weighted by Gasteiger charge is -2.17. The number of ether oxygens (including phenoxy) is 2. The molecule has 0 saturated heterocycles. The van der Waals surface area contributed by atoms with Gasteiger partial charge in [0.1, 0.15) is 0 Å². The Labute approximate surface area is 225 Å². The molecule has 0 aliphatic carbocycles. The molecule has 4 heteroatoms. The zero-order valence-electron chi connectivity index (χ0n) is 24.6. The third-order valence-electron chi connectivity index (χ3n) is 7.08. The van der Waals surface area contributed by atoms with Gasteiger partial charge in [0, 0.05) is 6.42 Å². The topological polar surface area (TPSA) is 52.6 Å². The zero-order valence-corrected chi connectivity index (χ0v) is 24.6. The van der Waals surface area contributed by atoms with E-state index in [0.717, 1.165) is 38.5 Å². The van der Waals surface area contributed by atoms with E-state index in [1.54, 1.807) is 0 Å². The molecule has 0 spiro atoms. The normalized spacial score (nSPS) is 12.0. The van der Waals surface area contributed by atoms with Gasteiger partial charge in [0.15, 0.2) is 6.10 Å². The van der Waals surface area contributed by atoms with Crippen molar-refractivity contribution in [3.05, 3.63) is 0 Å². The first kappa shape index (κ1) is 34.9. The van der Waals surface area contributed by atoms with Gasteiger partial charge in [0.25, 0.3) is 0 Å². The van der Waals surface area contributed by atoms with Gasteiger partial charge in [-0.2, -0.15) is 0 Å². The van der Waals surface area contributed by atoms with Crippen molar-refractivity contribution < 1.29 is 19.1 Å². The second-order valence-electron chi connectivity index (χ2n) is 10.8. The Bertz CT molecular complexity index is 477. The molecular weight excluding hydrogens is 448 g/mol. The summed E-state index contributed by atoms with van der Waals surface area (Å²) in [7, 11) is 0. The van der Waals surface area contributed by atoms with Crippen molar-refractivity contribution in [3.8, 4) is 0 Å². The quantitative estimate of drug-likeness (QED) is 0.0775. The Morgan fingerprint density at radius 1 is 0.500 bits per heavy atom. The molecule has 0 amide bonds. The van der Waals surface area contributed by atoms with Gasteiger partial charge >= 0.3 is 11.9 Å². The van der Waals surface area contributed by atoms with Crippen LogP contribution in [0.5, 0.6) is 0 Å². The summed E-state index contributed by atoms with van der Waals surface area (Å²) in [5.41, 5.74) is 0. The fourth-order valence-electron chi connectivity index (χ4n) is 4.63. The minimum Gasteiger partial charge on any atom is -0.463 e. The summed E-state index contributed by atoms with van der Waals surface area (Å²) in [4.78, 5) is 25.1. The highest BCUT2D eigenvalue weighted by Crippen LogP contribution is 2.16. The average molecular weight is 511 g/mol. The summed E-state index contributed by atoms with van der Waals surface area (Å²) < 4.78 is 11.2. The Hall–Kier alpha value is -1.06. The number of carbonyl (C=O) groups excluding carboxylic acids is 2. The largest absolute Gasteiger partial charge is 0.463 e. The highest BCUT2D eigenvalue weighted by molar-refractivity contribution is 5.79. The number of rotatable bonds is 28. The fraction of sp³-hybridized carbons (Fsp3) is 0.938. The van der Waals surface area contributed by atoms with E-state index in [-0.39, 0.29) is 11.9 Å². The average Bonchev–Trinajstić information content (AvgIpc) is 2.87. The summed E-state index contributed by atoms with van der Waals surface area (Å²) >= 11 is 0. The maximum absolute atomic E-state index is 12.7. The molecule has 0 saturated carbocycles. The van der Waals surface area contributed by atoms with Gasteiger partial charge in [-0.05, 0) is 25.7 Å². The summed E-state index contributed by atoms with van der Waals surface area (Å²) in [6.45, 7) is 7.14. The highest BCUT2D eigenvalue weighted by atomic mass is 16.6. The van der Waals surface area contributed by atoms with Crippen molar-refractivity contribution in [2.75, 3.05) is 6.61 Å². The molecule has 0 fully saturated rings. The van der Waals surface area contributed by atoms with E-state index in [0.29, 0.717) is 19.4 Å². The lowest BCUT2D eigenvalue weighted by atomic mass is 10.1. The van der Waals surface area contributed by atoms with E-state index in [2.05, 4.69) is 20.8 Å². The second-order valence-corrected chi connectivity index (χ2v) is 10.8. The maximum Gasteiger partial charge on any atom is 0.347 e. The lowest BCUT2D eigenvalue weighted by Crippen LogP contribution is -2.29. The van der Waals surface area contributed by atoms with Gasteiger partial charge in [0.05, 0.1) is 6.61 Å². The van der Waals surface area contributed by atoms with Gasteiger partial charge < -0.3 is 9.47 Å². The Balaban J connectivity index is 4.21. The van der Waals surface area contributed by atoms with Crippen LogP contribution in [0.25, 0.3) is 0 Å². The number of unbranched alkanes of at least 4 members (excludes halogenated alkanes) is 20. The molecule has 0 aliphatic rings. The van der Waals surface area contributed by atoms with Crippen molar-refractivity contribution in [1.29, 1.82) is 0 Å². The summed E-state index contributed by atoms with van der Waals surface area (Å²) in [6, 6.07) is 0. The molecule has 0 radical (unpaired) electrons. The molecule has 0 aromatic heterocycles. The number of carbonyl (C=O) groups is 2. The fourth-order valence-corrected chi connectivity index (χ4v) is 4.63. The highest BCUT2D eigenvalue weighted by Gasteiger charge is 2.24. The molecule has 0 aromatic carbocycles. The van der Waals surface area contributed by atoms with Crippen molar-refractivity contribution >= 4 is 11.9 Å². The first-order valence-corrected chi connectivity index (χ1v) is 16.0. The van der Waals surface area contributed by atoms with E-state index in [4.69, 9.17) is 9.47 Å². The van der Waals surface area contributed by atoms with Crippen LogP contribution in [-0.2, 0) is 19.1 Å². The predicted octanol–water partition coefficient (Wildman–Crippen LogP) is 10.3. The summed E-state index contributed by atoms with van der Waals surface area (Å²) in [6.07, 6.45) is 27.8. The monoisotopic (exact) mass is 510 g/mol.